The first-order chi connectivity index (χ1) is 12.1. The number of rotatable bonds is 2. The van der Waals surface area contributed by atoms with Crippen LogP contribution in [0.4, 0.5) is 19.3 Å². The number of fused-ring (bicyclic) bond motifs is 2. The lowest BCUT2D eigenvalue weighted by Gasteiger charge is -2.31. The molecule has 1 amide bonds. The van der Waals surface area contributed by atoms with Gasteiger partial charge in [0.15, 0.2) is 0 Å². The maximum Gasteiger partial charge on any atom is 0.410 e. The minimum atomic E-state index is -2.43. The second-order valence-corrected chi connectivity index (χ2v) is 8.84. The highest BCUT2D eigenvalue weighted by Gasteiger charge is 2.71. The molecule has 0 spiro atoms. The number of ether oxygens (including phenoxy) is 1. The molecule has 0 radical (unpaired) electrons. The molecule has 3 aliphatic rings. The van der Waals surface area contributed by atoms with Crippen molar-refractivity contribution >= 4 is 11.8 Å². The van der Waals surface area contributed by atoms with Crippen LogP contribution in [-0.2, 0) is 17.7 Å². The zero-order valence-electron chi connectivity index (χ0n) is 15.5. The Kier molecular flexibility index (Phi) is 3.93. The van der Waals surface area contributed by atoms with E-state index in [4.69, 9.17) is 4.74 Å². The van der Waals surface area contributed by atoms with E-state index in [-0.39, 0.29) is 12.1 Å². The van der Waals surface area contributed by atoms with Crippen molar-refractivity contribution in [1.82, 2.24) is 4.90 Å². The number of anilines is 1. The summed E-state index contributed by atoms with van der Waals surface area (Å²) in [7, 11) is 0. The quantitative estimate of drug-likeness (QED) is 0.844. The van der Waals surface area contributed by atoms with Crippen molar-refractivity contribution in [3.05, 3.63) is 29.3 Å². The van der Waals surface area contributed by atoms with Crippen LogP contribution < -0.4 is 5.32 Å². The fourth-order valence-corrected chi connectivity index (χ4v) is 4.30. The number of hydrogen-bond acceptors (Lipinski definition) is 3. The Labute approximate surface area is 152 Å². The minimum Gasteiger partial charge on any atom is -0.444 e. The van der Waals surface area contributed by atoms with Gasteiger partial charge in [0.25, 0.3) is 5.92 Å². The van der Waals surface area contributed by atoms with E-state index < -0.39 is 23.4 Å². The number of carbonyl (C=O) groups excluding carboxylic acids is 1. The van der Waals surface area contributed by atoms with Gasteiger partial charge in [-0.05, 0) is 63.3 Å². The van der Waals surface area contributed by atoms with E-state index >= 15 is 0 Å². The number of carbonyl (C=O) groups is 1. The predicted octanol–water partition coefficient (Wildman–Crippen LogP) is 4.44. The molecular weight excluding hydrogens is 338 g/mol. The lowest BCUT2D eigenvalue weighted by atomic mass is 9.99. The summed E-state index contributed by atoms with van der Waals surface area (Å²) in [5.41, 5.74) is 2.77. The van der Waals surface area contributed by atoms with Crippen molar-refractivity contribution in [2.75, 3.05) is 11.9 Å². The second kappa shape index (κ2) is 5.83. The minimum absolute atomic E-state index is 0.119. The van der Waals surface area contributed by atoms with Crippen LogP contribution >= 0.6 is 0 Å². The van der Waals surface area contributed by atoms with Gasteiger partial charge in [-0.25, -0.2) is 13.6 Å². The van der Waals surface area contributed by atoms with Crippen molar-refractivity contribution in [1.29, 1.82) is 0 Å². The van der Waals surface area contributed by atoms with E-state index in [2.05, 4.69) is 11.4 Å². The third kappa shape index (κ3) is 3.26. The van der Waals surface area contributed by atoms with E-state index in [1.807, 2.05) is 32.9 Å². The van der Waals surface area contributed by atoms with Crippen molar-refractivity contribution in [2.45, 2.75) is 64.1 Å². The van der Waals surface area contributed by atoms with Crippen LogP contribution in [0, 0.1) is 11.8 Å². The van der Waals surface area contributed by atoms with E-state index in [0.717, 1.165) is 17.7 Å². The standard InChI is InChI=1S/C20H26F2N2O2/c1-19(2,3)26-18(25)24-7-6-12-4-5-14(8-13(12)11-24)23-15-9-16-17(10-15)20(16,21)22/h4-5,8,15-17,23H,6-7,9-11H2,1-3H3. The summed E-state index contributed by atoms with van der Waals surface area (Å²) in [5, 5.41) is 3.40. The molecule has 2 unspecified atom stereocenters. The molecule has 0 saturated heterocycles. The highest BCUT2D eigenvalue weighted by atomic mass is 19.3. The summed E-state index contributed by atoms with van der Waals surface area (Å²) in [6, 6.07) is 6.26. The van der Waals surface area contributed by atoms with E-state index in [9.17, 15) is 13.6 Å². The van der Waals surface area contributed by atoms with Crippen molar-refractivity contribution in [2.24, 2.45) is 11.8 Å². The number of benzene rings is 1. The molecule has 2 atom stereocenters. The number of halogens is 2. The molecule has 4 nitrogen and oxygen atoms in total. The van der Waals surface area contributed by atoms with Gasteiger partial charge in [-0.1, -0.05) is 6.07 Å². The van der Waals surface area contributed by atoms with Gasteiger partial charge < -0.3 is 15.0 Å². The van der Waals surface area contributed by atoms with Crippen LogP contribution in [0.3, 0.4) is 0 Å². The molecule has 6 heteroatoms. The Morgan fingerprint density at radius 3 is 2.58 bits per heavy atom. The topological polar surface area (TPSA) is 41.6 Å². The fraction of sp³-hybridized carbons (Fsp3) is 0.650. The van der Waals surface area contributed by atoms with Crippen LogP contribution in [0.25, 0.3) is 0 Å². The first-order valence-electron chi connectivity index (χ1n) is 9.37. The van der Waals surface area contributed by atoms with Crippen LogP contribution in [0.1, 0.15) is 44.7 Å². The SMILES string of the molecule is CC(C)(C)OC(=O)N1CCc2ccc(NC3CC4C(C3)C4(F)F)cc2C1. The first-order valence-corrected chi connectivity index (χ1v) is 9.37. The van der Waals surface area contributed by atoms with Gasteiger partial charge in [0.1, 0.15) is 5.60 Å². The zero-order valence-corrected chi connectivity index (χ0v) is 15.5. The molecule has 4 rings (SSSR count). The normalized spacial score (nSPS) is 29.0. The smallest absolute Gasteiger partial charge is 0.410 e. The number of nitrogens with zero attached hydrogens (tertiary/aromatic N) is 1. The monoisotopic (exact) mass is 364 g/mol. The molecule has 0 bridgehead atoms. The van der Waals surface area contributed by atoms with Crippen LogP contribution in [-0.4, -0.2) is 35.1 Å². The number of alkyl halides is 2. The van der Waals surface area contributed by atoms with Gasteiger partial charge in [-0.3, -0.25) is 0 Å². The molecule has 2 fully saturated rings. The lowest BCUT2D eigenvalue weighted by Crippen LogP contribution is -2.39. The van der Waals surface area contributed by atoms with E-state index in [1.54, 1.807) is 4.90 Å². The molecule has 0 aromatic heterocycles. The fourth-order valence-electron chi connectivity index (χ4n) is 4.30. The summed E-state index contributed by atoms with van der Waals surface area (Å²) in [6.45, 7) is 6.75. The van der Waals surface area contributed by atoms with Gasteiger partial charge in [-0.2, -0.15) is 0 Å². The Balaban J connectivity index is 1.39. The molecule has 26 heavy (non-hydrogen) atoms. The summed E-state index contributed by atoms with van der Waals surface area (Å²) >= 11 is 0. The van der Waals surface area contributed by atoms with Gasteiger partial charge in [0, 0.05) is 36.7 Å². The summed E-state index contributed by atoms with van der Waals surface area (Å²) < 4.78 is 32.1. The van der Waals surface area contributed by atoms with Crippen molar-refractivity contribution < 1.29 is 18.3 Å². The third-order valence-corrected chi connectivity index (χ3v) is 5.68. The van der Waals surface area contributed by atoms with Gasteiger partial charge in [-0.15, -0.1) is 0 Å². The average Bonchev–Trinajstić information content (AvgIpc) is 2.89. The highest BCUT2D eigenvalue weighted by molar-refractivity contribution is 5.69. The Morgan fingerprint density at radius 2 is 1.92 bits per heavy atom. The summed E-state index contributed by atoms with van der Waals surface area (Å²) in [4.78, 5) is 14.0. The Bertz CT molecular complexity index is 715. The molecule has 1 aliphatic heterocycles. The lowest BCUT2D eigenvalue weighted by molar-refractivity contribution is 0.0224. The van der Waals surface area contributed by atoms with E-state index in [1.165, 1.54) is 5.56 Å². The molecule has 1 N–H and O–H groups in total. The van der Waals surface area contributed by atoms with Gasteiger partial charge in [0.2, 0.25) is 0 Å². The molecule has 1 heterocycles. The van der Waals surface area contributed by atoms with Gasteiger partial charge >= 0.3 is 6.09 Å². The molecule has 1 aromatic carbocycles. The Morgan fingerprint density at radius 1 is 1.23 bits per heavy atom. The maximum atomic E-state index is 13.3. The summed E-state index contributed by atoms with van der Waals surface area (Å²) in [5.74, 6) is -3.29. The number of nitrogens with one attached hydrogen (secondary N) is 1. The zero-order chi connectivity index (χ0) is 18.7. The second-order valence-electron chi connectivity index (χ2n) is 8.84. The van der Waals surface area contributed by atoms with Gasteiger partial charge in [0.05, 0.1) is 0 Å². The van der Waals surface area contributed by atoms with Crippen LogP contribution in [0.5, 0.6) is 0 Å². The van der Waals surface area contributed by atoms with Crippen molar-refractivity contribution in [3.63, 3.8) is 0 Å². The molecular formula is C20H26F2N2O2. The highest BCUT2D eigenvalue weighted by Crippen LogP contribution is 2.64. The summed E-state index contributed by atoms with van der Waals surface area (Å²) in [6.07, 6.45) is 1.59. The number of hydrogen-bond donors (Lipinski definition) is 1. The number of amides is 1. The third-order valence-electron chi connectivity index (χ3n) is 5.68. The van der Waals surface area contributed by atoms with Crippen LogP contribution in [0.15, 0.2) is 18.2 Å². The van der Waals surface area contributed by atoms with Crippen molar-refractivity contribution in [3.8, 4) is 0 Å². The Hall–Kier alpha value is -1.85. The predicted molar refractivity (Wildman–Crippen MR) is 95.4 cm³/mol. The maximum absolute atomic E-state index is 13.3. The van der Waals surface area contributed by atoms with E-state index in [0.29, 0.717) is 25.9 Å². The molecule has 2 aliphatic carbocycles. The van der Waals surface area contributed by atoms with Crippen LogP contribution in [0.2, 0.25) is 0 Å². The molecule has 2 saturated carbocycles. The molecule has 142 valence electrons. The molecule has 1 aromatic rings. The average molecular weight is 364 g/mol. The largest absolute Gasteiger partial charge is 0.444 e. The first kappa shape index (κ1) is 17.6.